The Morgan fingerprint density at radius 3 is 2.72 bits per heavy atom. The maximum absolute atomic E-state index is 13.7. The van der Waals surface area contributed by atoms with Crippen LogP contribution in [0.25, 0.3) is 0 Å². The van der Waals surface area contributed by atoms with Crippen LogP contribution in [0.15, 0.2) is 47.0 Å². The van der Waals surface area contributed by atoms with E-state index in [2.05, 4.69) is 10.5 Å². The number of amides is 1. The highest BCUT2D eigenvalue weighted by atomic mass is 19.1. The van der Waals surface area contributed by atoms with Crippen LogP contribution in [0.2, 0.25) is 0 Å². The van der Waals surface area contributed by atoms with E-state index in [-0.39, 0.29) is 35.2 Å². The number of nitrogens with zero attached hydrogens (tertiary/aromatic N) is 2. The number of carbonyl (C=O) groups is 1. The minimum Gasteiger partial charge on any atom is -0.494 e. The van der Waals surface area contributed by atoms with E-state index in [0.29, 0.717) is 11.3 Å². The van der Waals surface area contributed by atoms with Crippen molar-refractivity contribution in [3.8, 4) is 11.5 Å². The summed E-state index contributed by atoms with van der Waals surface area (Å²) < 4.78 is 29.3. The molecule has 3 aromatic rings. The average molecular weight is 401 g/mol. The van der Waals surface area contributed by atoms with Crippen molar-refractivity contribution < 1.29 is 28.1 Å². The molecule has 1 heterocycles. The van der Waals surface area contributed by atoms with Crippen LogP contribution in [0.3, 0.4) is 0 Å². The number of nitro benzene ring substituents is 1. The molecule has 150 valence electrons. The number of hydrogen-bond donors (Lipinski definition) is 1. The van der Waals surface area contributed by atoms with Crippen LogP contribution in [0.1, 0.15) is 21.8 Å². The molecule has 0 radical (unpaired) electrons. The molecule has 10 heteroatoms. The van der Waals surface area contributed by atoms with Gasteiger partial charge in [-0.1, -0.05) is 17.3 Å². The van der Waals surface area contributed by atoms with Crippen molar-refractivity contribution in [3.63, 3.8) is 0 Å². The molecule has 0 aliphatic carbocycles. The van der Waals surface area contributed by atoms with Gasteiger partial charge in [0.25, 0.3) is 11.6 Å². The second-order valence-electron chi connectivity index (χ2n) is 5.88. The summed E-state index contributed by atoms with van der Waals surface area (Å²) in [6.45, 7) is 1.45. The normalized spacial score (nSPS) is 10.4. The molecule has 0 unspecified atom stereocenters. The van der Waals surface area contributed by atoms with Gasteiger partial charge in [-0.15, -0.1) is 0 Å². The Morgan fingerprint density at radius 1 is 1.28 bits per heavy atom. The monoisotopic (exact) mass is 401 g/mol. The largest absolute Gasteiger partial charge is 0.494 e. The average Bonchev–Trinajstić information content (AvgIpc) is 3.08. The number of carbonyl (C=O) groups excluding carboxylic acids is 1. The molecule has 1 aromatic heterocycles. The van der Waals surface area contributed by atoms with Crippen molar-refractivity contribution >= 4 is 17.3 Å². The number of aromatic nitrogens is 1. The molecule has 1 amide bonds. The number of nitro groups is 1. The first kappa shape index (κ1) is 19.8. The minimum atomic E-state index is -0.638. The van der Waals surface area contributed by atoms with Crippen molar-refractivity contribution in [1.29, 1.82) is 0 Å². The van der Waals surface area contributed by atoms with Crippen LogP contribution < -0.4 is 14.8 Å². The van der Waals surface area contributed by atoms with E-state index < -0.39 is 16.6 Å². The lowest BCUT2D eigenvalue weighted by atomic mass is 10.2. The lowest BCUT2D eigenvalue weighted by Gasteiger charge is -2.10. The van der Waals surface area contributed by atoms with E-state index in [4.69, 9.17) is 14.0 Å². The minimum absolute atomic E-state index is 0.0245. The Bertz CT molecular complexity index is 1070. The number of hydrogen-bond acceptors (Lipinski definition) is 7. The first-order valence-corrected chi connectivity index (χ1v) is 8.37. The van der Waals surface area contributed by atoms with Gasteiger partial charge in [0.2, 0.25) is 0 Å². The van der Waals surface area contributed by atoms with Crippen LogP contribution in [0.5, 0.6) is 11.5 Å². The highest BCUT2D eigenvalue weighted by Crippen LogP contribution is 2.30. The molecule has 0 saturated heterocycles. The molecule has 2 aromatic carbocycles. The summed E-state index contributed by atoms with van der Waals surface area (Å²) in [5.74, 6) is -0.708. The topological polar surface area (TPSA) is 117 Å². The maximum Gasteiger partial charge on any atom is 0.278 e. The van der Waals surface area contributed by atoms with Crippen molar-refractivity contribution in [3.05, 3.63) is 75.4 Å². The lowest BCUT2D eigenvalue weighted by molar-refractivity contribution is -0.384. The van der Waals surface area contributed by atoms with Crippen molar-refractivity contribution in [2.24, 2.45) is 0 Å². The van der Waals surface area contributed by atoms with Crippen molar-refractivity contribution in [2.45, 2.75) is 13.5 Å². The summed E-state index contributed by atoms with van der Waals surface area (Å²) in [5, 5.41) is 17.2. The Kier molecular flexibility index (Phi) is 5.72. The molecule has 3 rings (SSSR count). The summed E-state index contributed by atoms with van der Waals surface area (Å²) in [5.41, 5.74) is 0.312. The Hall–Kier alpha value is -3.95. The van der Waals surface area contributed by atoms with Crippen molar-refractivity contribution in [1.82, 2.24) is 5.16 Å². The number of anilines is 1. The van der Waals surface area contributed by atoms with E-state index in [1.165, 1.54) is 43.5 Å². The number of halogens is 1. The maximum atomic E-state index is 13.7. The second kappa shape index (κ2) is 8.38. The third-order valence-corrected chi connectivity index (χ3v) is 4.05. The Labute approximate surface area is 164 Å². The molecular formula is C19H16FN3O6. The van der Waals surface area contributed by atoms with Crippen LogP contribution in [-0.2, 0) is 6.61 Å². The molecule has 0 bridgehead atoms. The van der Waals surface area contributed by atoms with E-state index in [1.54, 1.807) is 13.0 Å². The van der Waals surface area contributed by atoms with E-state index in [9.17, 15) is 19.3 Å². The third kappa shape index (κ3) is 4.32. The zero-order chi connectivity index (χ0) is 21.0. The molecule has 9 nitrogen and oxygen atoms in total. The molecule has 0 spiro atoms. The van der Waals surface area contributed by atoms with Gasteiger partial charge in [-0.05, 0) is 25.1 Å². The molecule has 0 atom stereocenters. The van der Waals surface area contributed by atoms with Crippen LogP contribution in [-0.4, -0.2) is 23.1 Å². The predicted molar refractivity (Wildman–Crippen MR) is 99.6 cm³/mol. The number of methoxy groups -OCH3 is 1. The SMILES string of the molecule is COc1cc([N+](=O)[O-])ccc1NC(=O)c1noc(C)c1COc1ccccc1F. The van der Waals surface area contributed by atoms with E-state index in [0.717, 1.165) is 0 Å². The number of para-hydroxylation sites is 1. The van der Waals surface area contributed by atoms with Gasteiger partial charge < -0.3 is 19.3 Å². The number of nitrogens with one attached hydrogen (secondary N) is 1. The Balaban J connectivity index is 1.80. The predicted octanol–water partition coefficient (Wildman–Crippen LogP) is 3.87. The van der Waals surface area contributed by atoms with Gasteiger partial charge >= 0.3 is 0 Å². The molecular weight excluding hydrogens is 385 g/mol. The summed E-state index contributed by atoms with van der Waals surface area (Å²) in [4.78, 5) is 23.0. The summed E-state index contributed by atoms with van der Waals surface area (Å²) >= 11 is 0. The lowest BCUT2D eigenvalue weighted by Crippen LogP contribution is -2.16. The summed E-state index contributed by atoms with van der Waals surface area (Å²) in [7, 11) is 1.32. The number of non-ortho nitro benzene ring substituents is 1. The zero-order valence-corrected chi connectivity index (χ0v) is 15.5. The molecule has 0 aliphatic heterocycles. The van der Waals surface area contributed by atoms with Gasteiger partial charge in [0, 0.05) is 6.07 Å². The number of aryl methyl sites for hydroxylation is 1. The van der Waals surface area contributed by atoms with Gasteiger partial charge in [-0.3, -0.25) is 14.9 Å². The fourth-order valence-electron chi connectivity index (χ4n) is 2.53. The van der Waals surface area contributed by atoms with Crippen LogP contribution >= 0.6 is 0 Å². The fraction of sp³-hybridized carbons (Fsp3) is 0.158. The van der Waals surface area contributed by atoms with Gasteiger partial charge in [0.05, 0.1) is 29.4 Å². The summed E-state index contributed by atoms with van der Waals surface area (Å²) in [6, 6.07) is 9.62. The first-order chi connectivity index (χ1) is 13.9. The molecule has 0 aliphatic rings. The molecule has 29 heavy (non-hydrogen) atoms. The van der Waals surface area contributed by atoms with Gasteiger partial charge in [-0.2, -0.15) is 0 Å². The highest BCUT2D eigenvalue weighted by Gasteiger charge is 2.22. The zero-order valence-electron chi connectivity index (χ0n) is 15.5. The molecule has 0 fully saturated rings. The van der Waals surface area contributed by atoms with Crippen molar-refractivity contribution in [2.75, 3.05) is 12.4 Å². The van der Waals surface area contributed by atoms with Gasteiger partial charge in [0.1, 0.15) is 18.1 Å². The molecule has 1 N–H and O–H groups in total. The van der Waals surface area contributed by atoms with Gasteiger partial charge in [0.15, 0.2) is 17.3 Å². The quantitative estimate of drug-likeness (QED) is 0.472. The first-order valence-electron chi connectivity index (χ1n) is 8.37. The third-order valence-electron chi connectivity index (χ3n) is 4.05. The smallest absolute Gasteiger partial charge is 0.278 e. The van der Waals surface area contributed by atoms with E-state index >= 15 is 0 Å². The van der Waals surface area contributed by atoms with Gasteiger partial charge in [-0.25, -0.2) is 4.39 Å². The number of ether oxygens (including phenoxy) is 2. The Morgan fingerprint density at radius 2 is 2.03 bits per heavy atom. The van der Waals surface area contributed by atoms with Crippen LogP contribution in [0.4, 0.5) is 15.8 Å². The summed E-state index contributed by atoms with van der Waals surface area (Å²) in [6.07, 6.45) is 0. The second-order valence-corrected chi connectivity index (χ2v) is 5.88. The molecule has 0 saturated carbocycles. The number of rotatable bonds is 7. The highest BCUT2D eigenvalue weighted by molar-refractivity contribution is 6.04. The van der Waals surface area contributed by atoms with E-state index in [1.807, 2.05) is 0 Å². The standard InChI is InChI=1S/C19H16FN3O6/c1-11-13(10-28-16-6-4-3-5-14(16)20)18(22-29-11)19(24)21-15-8-7-12(23(25)26)9-17(15)27-2/h3-9H,10H2,1-2H3,(H,21,24). The number of benzene rings is 2. The van der Waals surface area contributed by atoms with Crippen LogP contribution in [0, 0.1) is 22.9 Å². The fourth-order valence-corrected chi connectivity index (χ4v) is 2.53.